The number of para-hydroxylation sites is 1. The van der Waals surface area contributed by atoms with Gasteiger partial charge >= 0.3 is 0 Å². The van der Waals surface area contributed by atoms with Crippen molar-refractivity contribution in [1.82, 2.24) is 10.4 Å². The first-order chi connectivity index (χ1) is 7.56. The highest BCUT2D eigenvalue weighted by Gasteiger charge is 2.19. The molecule has 5 heteroatoms. The summed E-state index contributed by atoms with van der Waals surface area (Å²) in [5.74, 6) is 0.346. The van der Waals surface area contributed by atoms with E-state index in [2.05, 4.69) is 5.43 Å². The lowest BCUT2D eigenvalue weighted by Gasteiger charge is -2.18. The number of carbonyl (C=O) groups excluding carboxylic acids is 1. The smallest absolute Gasteiger partial charge is 0.255 e. The Bertz CT molecular complexity index is 366. The number of hydrogen-bond acceptors (Lipinski definition) is 4. The Morgan fingerprint density at radius 3 is 2.62 bits per heavy atom. The summed E-state index contributed by atoms with van der Waals surface area (Å²) in [4.78, 5) is 11.7. The maximum Gasteiger partial charge on any atom is 0.255 e. The standard InChI is InChI=1S/C11H17N3O2/c1-14(2)13-11(15)10(12)8-6-4-5-7-9(8)16-3/h4-7,10H,12H2,1-3H3,(H,13,15). The molecule has 1 atom stereocenters. The van der Waals surface area contributed by atoms with E-state index < -0.39 is 6.04 Å². The van der Waals surface area contributed by atoms with E-state index in [1.165, 1.54) is 0 Å². The first kappa shape index (κ1) is 12.5. The maximum absolute atomic E-state index is 11.7. The van der Waals surface area contributed by atoms with Crippen LogP contribution in [0.1, 0.15) is 11.6 Å². The Morgan fingerprint density at radius 2 is 2.06 bits per heavy atom. The van der Waals surface area contributed by atoms with Crippen molar-refractivity contribution >= 4 is 5.91 Å². The van der Waals surface area contributed by atoms with Gasteiger partial charge in [0.15, 0.2) is 0 Å². The van der Waals surface area contributed by atoms with Crippen LogP contribution in [0.15, 0.2) is 24.3 Å². The summed E-state index contributed by atoms with van der Waals surface area (Å²) in [5, 5.41) is 1.55. The molecule has 1 rings (SSSR count). The number of amides is 1. The Kier molecular flexibility index (Phi) is 4.28. The van der Waals surface area contributed by atoms with Crippen LogP contribution in [0.5, 0.6) is 5.75 Å². The Balaban J connectivity index is 2.87. The van der Waals surface area contributed by atoms with Crippen molar-refractivity contribution in [1.29, 1.82) is 0 Å². The van der Waals surface area contributed by atoms with E-state index in [0.29, 0.717) is 11.3 Å². The molecule has 1 unspecified atom stereocenters. The van der Waals surface area contributed by atoms with Gasteiger partial charge in [-0.15, -0.1) is 0 Å². The van der Waals surface area contributed by atoms with Crippen molar-refractivity contribution in [3.8, 4) is 5.75 Å². The van der Waals surface area contributed by atoms with E-state index in [1.807, 2.05) is 12.1 Å². The fourth-order valence-corrected chi connectivity index (χ4v) is 1.35. The van der Waals surface area contributed by atoms with E-state index in [1.54, 1.807) is 38.3 Å². The highest BCUT2D eigenvalue weighted by atomic mass is 16.5. The second-order valence-electron chi connectivity index (χ2n) is 3.59. The maximum atomic E-state index is 11.7. The number of carbonyl (C=O) groups is 1. The van der Waals surface area contributed by atoms with Crippen molar-refractivity contribution in [3.63, 3.8) is 0 Å². The highest BCUT2D eigenvalue weighted by Crippen LogP contribution is 2.23. The molecule has 16 heavy (non-hydrogen) atoms. The zero-order valence-electron chi connectivity index (χ0n) is 9.73. The normalized spacial score (nSPS) is 12.3. The molecule has 0 aliphatic rings. The molecule has 1 amide bonds. The monoisotopic (exact) mass is 223 g/mol. The van der Waals surface area contributed by atoms with Crippen LogP contribution in [0, 0.1) is 0 Å². The Labute approximate surface area is 95.2 Å². The van der Waals surface area contributed by atoms with Gasteiger partial charge in [0.2, 0.25) is 0 Å². The van der Waals surface area contributed by atoms with Gasteiger partial charge in [0.05, 0.1) is 7.11 Å². The van der Waals surface area contributed by atoms with Crippen LogP contribution in [0.2, 0.25) is 0 Å². The summed E-state index contributed by atoms with van der Waals surface area (Å²) in [6.45, 7) is 0. The van der Waals surface area contributed by atoms with Gasteiger partial charge in [0.1, 0.15) is 11.8 Å². The molecule has 0 radical (unpaired) electrons. The number of nitrogens with zero attached hydrogens (tertiary/aromatic N) is 1. The minimum absolute atomic E-state index is 0.269. The molecular weight excluding hydrogens is 206 g/mol. The van der Waals surface area contributed by atoms with Gasteiger partial charge in [-0.25, -0.2) is 5.01 Å². The van der Waals surface area contributed by atoms with Crippen LogP contribution >= 0.6 is 0 Å². The van der Waals surface area contributed by atoms with Crippen LogP contribution in [0.4, 0.5) is 0 Å². The molecule has 0 fully saturated rings. The lowest BCUT2D eigenvalue weighted by Crippen LogP contribution is -2.42. The third-order valence-electron chi connectivity index (χ3n) is 2.09. The number of hydrazine groups is 1. The predicted molar refractivity (Wildman–Crippen MR) is 61.8 cm³/mol. The molecule has 0 bridgehead atoms. The van der Waals surface area contributed by atoms with E-state index in [-0.39, 0.29) is 5.91 Å². The molecule has 88 valence electrons. The lowest BCUT2D eigenvalue weighted by atomic mass is 10.1. The fourth-order valence-electron chi connectivity index (χ4n) is 1.35. The minimum Gasteiger partial charge on any atom is -0.496 e. The second-order valence-corrected chi connectivity index (χ2v) is 3.59. The van der Waals surface area contributed by atoms with Crippen molar-refractivity contribution in [2.45, 2.75) is 6.04 Å². The first-order valence-electron chi connectivity index (χ1n) is 4.92. The number of benzene rings is 1. The largest absolute Gasteiger partial charge is 0.496 e. The van der Waals surface area contributed by atoms with E-state index >= 15 is 0 Å². The van der Waals surface area contributed by atoms with Crippen LogP contribution < -0.4 is 15.9 Å². The number of ether oxygens (including phenoxy) is 1. The highest BCUT2D eigenvalue weighted by molar-refractivity contribution is 5.83. The van der Waals surface area contributed by atoms with Crippen molar-refractivity contribution in [3.05, 3.63) is 29.8 Å². The van der Waals surface area contributed by atoms with Gasteiger partial charge in [0.25, 0.3) is 5.91 Å². The topological polar surface area (TPSA) is 67.6 Å². The predicted octanol–water partition coefficient (Wildman–Crippen LogP) is 0.288. The molecule has 0 aliphatic carbocycles. The number of methoxy groups -OCH3 is 1. The van der Waals surface area contributed by atoms with Crippen LogP contribution in [0.3, 0.4) is 0 Å². The van der Waals surface area contributed by atoms with Crippen LogP contribution in [-0.4, -0.2) is 32.1 Å². The number of nitrogens with one attached hydrogen (secondary N) is 1. The fraction of sp³-hybridized carbons (Fsp3) is 0.364. The number of nitrogens with two attached hydrogens (primary N) is 1. The molecule has 0 spiro atoms. The van der Waals surface area contributed by atoms with Gasteiger partial charge in [-0.2, -0.15) is 0 Å². The lowest BCUT2D eigenvalue weighted by molar-refractivity contribution is -0.126. The van der Waals surface area contributed by atoms with Crippen LogP contribution in [-0.2, 0) is 4.79 Å². The summed E-state index contributed by atoms with van der Waals surface area (Å²) in [5.41, 5.74) is 9.12. The Hall–Kier alpha value is -1.59. The molecule has 0 saturated carbocycles. The minimum atomic E-state index is -0.737. The van der Waals surface area contributed by atoms with Crippen molar-refractivity contribution in [2.75, 3.05) is 21.2 Å². The van der Waals surface area contributed by atoms with Gasteiger partial charge in [-0.1, -0.05) is 18.2 Å². The zero-order valence-corrected chi connectivity index (χ0v) is 9.73. The summed E-state index contributed by atoms with van der Waals surface area (Å²) in [6.07, 6.45) is 0. The molecule has 5 nitrogen and oxygen atoms in total. The quantitative estimate of drug-likeness (QED) is 0.720. The van der Waals surface area contributed by atoms with Gasteiger partial charge < -0.3 is 10.5 Å². The average Bonchev–Trinajstić information content (AvgIpc) is 2.27. The second kappa shape index (κ2) is 5.48. The molecule has 1 aromatic carbocycles. The average molecular weight is 223 g/mol. The van der Waals surface area contributed by atoms with Gasteiger partial charge in [-0.05, 0) is 6.07 Å². The molecule has 0 saturated heterocycles. The molecule has 0 aliphatic heterocycles. The van der Waals surface area contributed by atoms with Crippen molar-refractivity contribution in [2.24, 2.45) is 5.73 Å². The van der Waals surface area contributed by atoms with E-state index in [0.717, 1.165) is 0 Å². The van der Waals surface area contributed by atoms with E-state index in [4.69, 9.17) is 10.5 Å². The molecular formula is C11H17N3O2. The van der Waals surface area contributed by atoms with Gasteiger partial charge in [-0.3, -0.25) is 10.2 Å². The molecule has 3 N–H and O–H groups in total. The molecule has 0 aromatic heterocycles. The number of rotatable bonds is 4. The third-order valence-corrected chi connectivity index (χ3v) is 2.09. The van der Waals surface area contributed by atoms with Crippen molar-refractivity contribution < 1.29 is 9.53 Å². The summed E-state index contributed by atoms with van der Waals surface area (Å²) < 4.78 is 5.15. The summed E-state index contributed by atoms with van der Waals surface area (Å²) in [6, 6.07) is 6.47. The summed E-state index contributed by atoms with van der Waals surface area (Å²) >= 11 is 0. The zero-order chi connectivity index (χ0) is 12.1. The number of hydrogen-bond donors (Lipinski definition) is 2. The van der Waals surface area contributed by atoms with E-state index in [9.17, 15) is 4.79 Å². The van der Waals surface area contributed by atoms with Gasteiger partial charge in [0, 0.05) is 19.7 Å². The Morgan fingerprint density at radius 1 is 1.44 bits per heavy atom. The molecule has 1 aromatic rings. The van der Waals surface area contributed by atoms with Crippen LogP contribution in [0.25, 0.3) is 0 Å². The third kappa shape index (κ3) is 2.95. The summed E-state index contributed by atoms with van der Waals surface area (Å²) in [7, 11) is 5.01. The SMILES string of the molecule is COc1ccccc1C(N)C(=O)NN(C)C. The molecule has 0 heterocycles. The first-order valence-corrected chi connectivity index (χ1v) is 4.92.